The van der Waals surface area contributed by atoms with Crippen LogP contribution >= 0.6 is 0 Å². The summed E-state index contributed by atoms with van der Waals surface area (Å²) in [5.41, 5.74) is 0. The molecule has 19 heavy (non-hydrogen) atoms. The number of urea groups is 1. The third-order valence-electron chi connectivity index (χ3n) is 3.71. The second kappa shape index (κ2) is 7.36. The molecule has 1 rings (SSSR count). The Morgan fingerprint density at radius 2 is 2.05 bits per heavy atom. The van der Waals surface area contributed by atoms with Crippen LogP contribution in [0.25, 0.3) is 0 Å². The molecule has 1 aliphatic heterocycles. The molecule has 5 nitrogen and oxygen atoms in total. The van der Waals surface area contributed by atoms with E-state index in [2.05, 4.69) is 19.2 Å². The molecule has 1 fully saturated rings. The van der Waals surface area contributed by atoms with Crippen LogP contribution in [0, 0.1) is 17.8 Å². The van der Waals surface area contributed by atoms with Crippen molar-refractivity contribution in [3.8, 4) is 0 Å². The van der Waals surface area contributed by atoms with Crippen LogP contribution in [0.5, 0.6) is 0 Å². The number of nitrogens with zero attached hydrogens (tertiary/aromatic N) is 1. The second-order valence-corrected chi connectivity index (χ2v) is 6.00. The summed E-state index contributed by atoms with van der Waals surface area (Å²) in [5, 5.41) is 11.8. The van der Waals surface area contributed by atoms with Crippen molar-refractivity contribution in [2.24, 2.45) is 17.8 Å². The molecule has 0 aromatic carbocycles. The number of piperidine rings is 1. The standard InChI is InChI=1S/C14H26N2O3/c1-10(2)8-15-14(19)16-6-4-5-12(9-16)11(3)7-13(17)18/h10-12H,4-9H2,1-3H3,(H,15,19)(H,17,18). The van der Waals surface area contributed by atoms with Gasteiger partial charge in [-0.05, 0) is 30.6 Å². The number of carboxylic acid groups (broad SMARTS) is 1. The van der Waals surface area contributed by atoms with Gasteiger partial charge in [-0.3, -0.25) is 4.79 Å². The fourth-order valence-corrected chi connectivity index (χ4v) is 2.50. The van der Waals surface area contributed by atoms with Crippen LogP contribution in [0.4, 0.5) is 4.79 Å². The van der Waals surface area contributed by atoms with Gasteiger partial charge in [-0.2, -0.15) is 0 Å². The Morgan fingerprint density at radius 1 is 1.37 bits per heavy atom. The topological polar surface area (TPSA) is 69.6 Å². The minimum atomic E-state index is -0.756. The smallest absolute Gasteiger partial charge is 0.317 e. The average Bonchev–Trinajstić information content (AvgIpc) is 2.35. The highest BCUT2D eigenvalue weighted by Crippen LogP contribution is 2.26. The molecule has 5 heteroatoms. The minimum Gasteiger partial charge on any atom is -0.481 e. The third kappa shape index (κ3) is 5.49. The first-order chi connectivity index (χ1) is 8.90. The van der Waals surface area contributed by atoms with Gasteiger partial charge in [0.05, 0.1) is 0 Å². The number of aliphatic carboxylic acids is 1. The van der Waals surface area contributed by atoms with E-state index in [0.29, 0.717) is 24.9 Å². The normalized spacial score (nSPS) is 21.3. The SMILES string of the molecule is CC(C)CNC(=O)N1CCCC(C(C)CC(=O)O)C1. The maximum absolute atomic E-state index is 12.0. The predicted octanol–water partition coefficient (Wildman–Crippen LogP) is 2.17. The maximum Gasteiger partial charge on any atom is 0.317 e. The molecule has 0 aliphatic carbocycles. The molecule has 0 aromatic heterocycles. The quantitative estimate of drug-likeness (QED) is 0.804. The molecule has 2 unspecified atom stereocenters. The predicted molar refractivity (Wildman–Crippen MR) is 74.0 cm³/mol. The van der Waals surface area contributed by atoms with Gasteiger partial charge in [-0.15, -0.1) is 0 Å². The zero-order valence-electron chi connectivity index (χ0n) is 12.2. The fraction of sp³-hybridized carbons (Fsp3) is 0.857. The lowest BCUT2D eigenvalue weighted by Gasteiger charge is -2.35. The summed E-state index contributed by atoms with van der Waals surface area (Å²) in [4.78, 5) is 24.6. The lowest BCUT2D eigenvalue weighted by atomic mass is 9.85. The number of carbonyl (C=O) groups is 2. The van der Waals surface area contributed by atoms with E-state index in [1.807, 2.05) is 11.8 Å². The van der Waals surface area contributed by atoms with Gasteiger partial charge in [0.1, 0.15) is 0 Å². The number of carboxylic acids is 1. The first-order valence-corrected chi connectivity index (χ1v) is 7.14. The van der Waals surface area contributed by atoms with E-state index >= 15 is 0 Å². The van der Waals surface area contributed by atoms with Gasteiger partial charge in [-0.25, -0.2) is 4.79 Å². The van der Waals surface area contributed by atoms with Gasteiger partial charge < -0.3 is 15.3 Å². The highest BCUT2D eigenvalue weighted by Gasteiger charge is 2.28. The van der Waals surface area contributed by atoms with E-state index in [-0.39, 0.29) is 18.4 Å². The molecule has 2 amide bonds. The Kier molecular flexibility index (Phi) is 6.12. The maximum atomic E-state index is 12.0. The summed E-state index contributed by atoms with van der Waals surface area (Å²) < 4.78 is 0. The van der Waals surface area contributed by atoms with Crippen LogP contribution in [-0.4, -0.2) is 41.6 Å². The van der Waals surface area contributed by atoms with Crippen LogP contribution in [-0.2, 0) is 4.79 Å². The molecule has 2 N–H and O–H groups in total. The molecule has 1 saturated heterocycles. The van der Waals surface area contributed by atoms with Crippen LogP contribution in [0.2, 0.25) is 0 Å². The Balaban J connectivity index is 2.45. The van der Waals surface area contributed by atoms with Crippen molar-refractivity contribution < 1.29 is 14.7 Å². The molecular formula is C14H26N2O3. The number of likely N-dealkylation sites (tertiary alicyclic amines) is 1. The number of hydrogen-bond donors (Lipinski definition) is 2. The number of rotatable bonds is 5. The molecule has 2 atom stereocenters. The Labute approximate surface area is 115 Å². The van der Waals surface area contributed by atoms with Crippen LogP contribution in [0.1, 0.15) is 40.0 Å². The number of carbonyl (C=O) groups excluding carboxylic acids is 1. The van der Waals surface area contributed by atoms with Crippen molar-refractivity contribution >= 4 is 12.0 Å². The van der Waals surface area contributed by atoms with Gasteiger partial charge in [0.15, 0.2) is 0 Å². The molecule has 0 aromatic rings. The van der Waals surface area contributed by atoms with Gasteiger partial charge >= 0.3 is 12.0 Å². The van der Waals surface area contributed by atoms with Crippen molar-refractivity contribution in [3.63, 3.8) is 0 Å². The lowest BCUT2D eigenvalue weighted by Crippen LogP contribution is -2.47. The zero-order valence-corrected chi connectivity index (χ0v) is 12.2. The largest absolute Gasteiger partial charge is 0.481 e. The van der Waals surface area contributed by atoms with Crippen molar-refractivity contribution in [1.29, 1.82) is 0 Å². The first-order valence-electron chi connectivity index (χ1n) is 7.14. The lowest BCUT2D eigenvalue weighted by molar-refractivity contribution is -0.138. The highest BCUT2D eigenvalue weighted by atomic mass is 16.4. The van der Waals surface area contributed by atoms with Gasteiger partial charge in [0, 0.05) is 26.1 Å². The molecule has 110 valence electrons. The molecule has 0 bridgehead atoms. The Hall–Kier alpha value is -1.26. The second-order valence-electron chi connectivity index (χ2n) is 6.00. The van der Waals surface area contributed by atoms with Crippen molar-refractivity contribution in [1.82, 2.24) is 10.2 Å². The monoisotopic (exact) mass is 270 g/mol. The van der Waals surface area contributed by atoms with E-state index in [0.717, 1.165) is 19.4 Å². The molecular weight excluding hydrogens is 244 g/mol. The number of amides is 2. The summed E-state index contributed by atoms with van der Waals surface area (Å²) in [6.45, 7) is 8.24. The first kappa shape index (κ1) is 15.8. The van der Waals surface area contributed by atoms with E-state index in [9.17, 15) is 9.59 Å². The van der Waals surface area contributed by atoms with E-state index in [4.69, 9.17) is 5.11 Å². The van der Waals surface area contributed by atoms with Gasteiger partial charge in [0.2, 0.25) is 0 Å². The van der Waals surface area contributed by atoms with Crippen LogP contribution in [0.3, 0.4) is 0 Å². The Bertz CT molecular complexity index is 318. The molecule has 0 saturated carbocycles. The van der Waals surface area contributed by atoms with Gasteiger partial charge in [-0.1, -0.05) is 20.8 Å². The summed E-state index contributed by atoms with van der Waals surface area (Å²) in [6.07, 6.45) is 2.16. The van der Waals surface area contributed by atoms with Gasteiger partial charge in [0.25, 0.3) is 0 Å². The number of hydrogen-bond acceptors (Lipinski definition) is 2. The van der Waals surface area contributed by atoms with Crippen molar-refractivity contribution in [2.45, 2.75) is 40.0 Å². The van der Waals surface area contributed by atoms with E-state index in [1.165, 1.54) is 0 Å². The zero-order chi connectivity index (χ0) is 14.4. The summed E-state index contributed by atoms with van der Waals surface area (Å²) in [6, 6.07) is -0.0130. The minimum absolute atomic E-state index is 0.0130. The average molecular weight is 270 g/mol. The molecule has 0 spiro atoms. The molecule has 0 radical (unpaired) electrons. The Morgan fingerprint density at radius 3 is 2.63 bits per heavy atom. The van der Waals surface area contributed by atoms with E-state index < -0.39 is 5.97 Å². The summed E-state index contributed by atoms with van der Waals surface area (Å²) in [5.74, 6) is 0.109. The van der Waals surface area contributed by atoms with Crippen molar-refractivity contribution in [2.75, 3.05) is 19.6 Å². The molecule has 1 heterocycles. The van der Waals surface area contributed by atoms with Crippen molar-refractivity contribution in [3.05, 3.63) is 0 Å². The summed E-state index contributed by atoms with van der Waals surface area (Å²) >= 11 is 0. The fourth-order valence-electron chi connectivity index (χ4n) is 2.50. The van der Waals surface area contributed by atoms with E-state index in [1.54, 1.807) is 0 Å². The van der Waals surface area contributed by atoms with Crippen LogP contribution < -0.4 is 5.32 Å². The van der Waals surface area contributed by atoms with Crippen LogP contribution in [0.15, 0.2) is 0 Å². The highest BCUT2D eigenvalue weighted by molar-refractivity contribution is 5.74. The molecule has 1 aliphatic rings. The number of nitrogens with one attached hydrogen (secondary N) is 1. The summed E-state index contributed by atoms with van der Waals surface area (Å²) in [7, 11) is 0. The third-order valence-corrected chi connectivity index (χ3v) is 3.71.